The summed E-state index contributed by atoms with van der Waals surface area (Å²) in [6.45, 7) is 3.40. The molecular weight excluding hydrogens is 394 g/mol. The highest BCUT2D eigenvalue weighted by molar-refractivity contribution is 9.10. The molecule has 1 aliphatic heterocycles. The van der Waals surface area contributed by atoms with Crippen molar-refractivity contribution in [2.75, 3.05) is 26.2 Å². The van der Waals surface area contributed by atoms with Crippen molar-refractivity contribution in [2.45, 2.75) is 12.5 Å². The zero-order chi connectivity index (χ0) is 17.8. The fourth-order valence-electron chi connectivity index (χ4n) is 3.13. The van der Waals surface area contributed by atoms with Crippen LogP contribution in [0.15, 0.2) is 63.6 Å². The normalized spacial score (nSPS) is 18.1. The lowest BCUT2D eigenvalue weighted by atomic mass is 10.1. The maximum atomic E-state index is 5.95. The van der Waals surface area contributed by atoms with Gasteiger partial charge in [0.2, 0.25) is 11.7 Å². The molecule has 134 valence electrons. The van der Waals surface area contributed by atoms with Crippen LogP contribution in [0.4, 0.5) is 0 Å². The van der Waals surface area contributed by atoms with Crippen LogP contribution in [-0.4, -0.2) is 41.3 Å². The second-order valence-electron chi connectivity index (χ2n) is 6.34. The number of nitrogens with zero attached hydrogens (tertiary/aromatic N) is 3. The monoisotopic (exact) mass is 413 g/mol. The number of halogens is 1. The molecule has 2 heterocycles. The zero-order valence-electron chi connectivity index (χ0n) is 14.3. The number of rotatable bonds is 5. The van der Waals surface area contributed by atoms with Crippen molar-refractivity contribution < 1.29 is 9.26 Å². The Bertz CT molecular complexity index is 853. The SMILES string of the molecule is Brc1cccc(C2CN(CCc3nc(-c4ccccc4)no3)CCO2)c1. The van der Waals surface area contributed by atoms with Crippen LogP contribution in [0.3, 0.4) is 0 Å². The Kier molecular flexibility index (Phi) is 5.43. The third-order valence-corrected chi connectivity index (χ3v) is 5.01. The molecule has 1 fully saturated rings. The maximum Gasteiger partial charge on any atom is 0.228 e. The van der Waals surface area contributed by atoms with E-state index in [1.54, 1.807) is 0 Å². The summed E-state index contributed by atoms with van der Waals surface area (Å²) in [4.78, 5) is 6.90. The van der Waals surface area contributed by atoms with Crippen molar-refractivity contribution in [3.8, 4) is 11.4 Å². The molecule has 4 rings (SSSR count). The summed E-state index contributed by atoms with van der Waals surface area (Å²) in [5, 5.41) is 4.09. The average molecular weight is 414 g/mol. The molecule has 1 aliphatic rings. The molecular formula is C20H20BrN3O2. The number of hydrogen-bond acceptors (Lipinski definition) is 5. The van der Waals surface area contributed by atoms with Crippen molar-refractivity contribution in [1.29, 1.82) is 0 Å². The van der Waals surface area contributed by atoms with Crippen LogP contribution in [0.1, 0.15) is 17.6 Å². The Labute approximate surface area is 161 Å². The van der Waals surface area contributed by atoms with Crippen molar-refractivity contribution in [1.82, 2.24) is 15.0 Å². The summed E-state index contributed by atoms with van der Waals surface area (Å²) in [6, 6.07) is 18.2. The molecule has 2 aromatic carbocycles. The van der Waals surface area contributed by atoms with Gasteiger partial charge in [0.15, 0.2) is 0 Å². The second-order valence-corrected chi connectivity index (χ2v) is 7.26. The van der Waals surface area contributed by atoms with Crippen LogP contribution in [-0.2, 0) is 11.2 Å². The molecule has 6 heteroatoms. The van der Waals surface area contributed by atoms with Gasteiger partial charge in [0.25, 0.3) is 0 Å². The summed E-state index contributed by atoms with van der Waals surface area (Å²) >= 11 is 3.53. The molecule has 0 aliphatic carbocycles. The van der Waals surface area contributed by atoms with E-state index in [2.05, 4.69) is 43.1 Å². The lowest BCUT2D eigenvalue weighted by molar-refractivity contribution is -0.0300. The molecule has 3 aromatic rings. The van der Waals surface area contributed by atoms with Crippen LogP contribution >= 0.6 is 15.9 Å². The predicted molar refractivity (Wildman–Crippen MR) is 103 cm³/mol. The molecule has 1 atom stereocenters. The first-order valence-electron chi connectivity index (χ1n) is 8.75. The standard InChI is InChI=1S/C20H20BrN3O2/c21-17-8-4-7-16(13-17)18-14-24(11-12-25-18)10-9-19-22-20(23-26-19)15-5-2-1-3-6-15/h1-8,13,18H,9-12,14H2. The molecule has 1 unspecified atom stereocenters. The highest BCUT2D eigenvalue weighted by Crippen LogP contribution is 2.25. The summed E-state index contributed by atoms with van der Waals surface area (Å²) in [6.07, 6.45) is 0.842. The van der Waals surface area contributed by atoms with E-state index in [9.17, 15) is 0 Å². The van der Waals surface area contributed by atoms with Gasteiger partial charge in [-0.25, -0.2) is 0 Å². The van der Waals surface area contributed by atoms with Gasteiger partial charge in [-0.15, -0.1) is 0 Å². The van der Waals surface area contributed by atoms with Gasteiger partial charge in [-0.1, -0.05) is 63.6 Å². The van der Waals surface area contributed by atoms with Gasteiger partial charge in [-0.05, 0) is 17.7 Å². The van der Waals surface area contributed by atoms with E-state index in [1.807, 2.05) is 42.5 Å². The lowest BCUT2D eigenvalue weighted by Gasteiger charge is -2.32. The van der Waals surface area contributed by atoms with E-state index in [-0.39, 0.29) is 6.10 Å². The minimum atomic E-state index is 0.101. The highest BCUT2D eigenvalue weighted by Gasteiger charge is 2.22. The van der Waals surface area contributed by atoms with E-state index >= 15 is 0 Å². The van der Waals surface area contributed by atoms with Gasteiger partial charge in [-0.2, -0.15) is 4.98 Å². The smallest absolute Gasteiger partial charge is 0.228 e. The number of aromatic nitrogens is 2. The minimum absolute atomic E-state index is 0.101. The van der Waals surface area contributed by atoms with Crippen LogP contribution in [0, 0.1) is 0 Å². The van der Waals surface area contributed by atoms with Crippen LogP contribution in [0.2, 0.25) is 0 Å². The van der Waals surface area contributed by atoms with Crippen LogP contribution < -0.4 is 0 Å². The quantitative estimate of drug-likeness (QED) is 0.629. The third kappa shape index (κ3) is 4.20. The predicted octanol–water partition coefficient (Wildman–Crippen LogP) is 4.12. The first-order valence-corrected chi connectivity index (χ1v) is 9.55. The van der Waals surface area contributed by atoms with Crippen molar-refractivity contribution >= 4 is 15.9 Å². The molecule has 0 amide bonds. The van der Waals surface area contributed by atoms with E-state index < -0.39 is 0 Å². The summed E-state index contributed by atoms with van der Waals surface area (Å²) in [7, 11) is 0. The molecule has 0 saturated carbocycles. The second kappa shape index (κ2) is 8.12. The Hall–Kier alpha value is -2.02. The molecule has 5 nitrogen and oxygen atoms in total. The first kappa shape index (κ1) is 17.4. The fourth-order valence-corrected chi connectivity index (χ4v) is 3.55. The van der Waals surface area contributed by atoms with Crippen molar-refractivity contribution in [2.24, 2.45) is 0 Å². The van der Waals surface area contributed by atoms with E-state index in [0.717, 1.165) is 42.7 Å². The Morgan fingerprint density at radius 3 is 2.85 bits per heavy atom. The zero-order valence-corrected chi connectivity index (χ0v) is 15.9. The molecule has 26 heavy (non-hydrogen) atoms. The van der Waals surface area contributed by atoms with Gasteiger partial charge < -0.3 is 9.26 Å². The van der Waals surface area contributed by atoms with Crippen molar-refractivity contribution in [3.05, 3.63) is 70.5 Å². The third-order valence-electron chi connectivity index (χ3n) is 4.51. The molecule has 0 radical (unpaired) electrons. The first-order chi connectivity index (χ1) is 12.8. The topological polar surface area (TPSA) is 51.4 Å². The summed E-state index contributed by atoms with van der Waals surface area (Å²) in [5.74, 6) is 1.32. The van der Waals surface area contributed by atoms with Crippen molar-refractivity contribution in [3.63, 3.8) is 0 Å². The van der Waals surface area contributed by atoms with Gasteiger partial charge in [0.05, 0.1) is 12.7 Å². The Morgan fingerprint density at radius 2 is 2.00 bits per heavy atom. The van der Waals surface area contributed by atoms with E-state index in [1.165, 1.54) is 5.56 Å². The van der Waals surface area contributed by atoms with E-state index in [0.29, 0.717) is 11.7 Å². The molecule has 0 N–H and O–H groups in total. The Balaban J connectivity index is 1.35. The molecule has 1 aromatic heterocycles. The lowest BCUT2D eigenvalue weighted by Crippen LogP contribution is -2.39. The number of morpholine rings is 1. The van der Waals surface area contributed by atoms with E-state index in [4.69, 9.17) is 9.26 Å². The highest BCUT2D eigenvalue weighted by atomic mass is 79.9. The van der Waals surface area contributed by atoms with Crippen LogP contribution in [0.5, 0.6) is 0 Å². The number of hydrogen-bond donors (Lipinski definition) is 0. The fraction of sp³-hybridized carbons (Fsp3) is 0.300. The molecule has 1 saturated heterocycles. The van der Waals surface area contributed by atoms with Gasteiger partial charge in [0.1, 0.15) is 0 Å². The molecule has 0 bridgehead atoms. The van der Waals surface area contributed by atoms with Gasteiger partial charge in [0, 0.05) is 36.1 Å². The Morgan fingerprint density at radius 1 is 1.12 bits per heavy atom. The summed E-state index contributed by atoms with van der Waals surface area (Å²) < 4.78 is 12.4. The largest absolute Gasteiger partial charge is 0.371 e. The maximum absolute atomic E-state index is 5.95. The average Bonchev–Trinajstić information content (AvgIpc) is 3.16. The summed E-state index contributed by atoms with van der Waals surface area (Å²) in [5.41, 5.74) is 2.18. The number of benzene rings is 2. The minimum Gasteiger partial charge on any atom is -0.371 e. The van der Waals surface area contributed by atoms with Gasteiger partial charge in [-0.3, -0.25) is 4.90 Å². The number of ether oxygens (including phenoxy) is 1. The van der Waals surface area contributed by atoms with Gasteiger partial charge >= 0.3 is 0 Å². The van der Waals surface area contributed by atoms with Crippen LogP contribution in [0.25, 0.3) is 11.4 Å². The molecule has 0 spiro atoms.